The van der Waals surface area contributed by atoms with E-state index in [9.17, 15) is 14.0 Å². The van der Waals surface area contributed by atoms with Gasteiger partial charge in [0.2, 0.25) is 5.91 Å². The van der Waals surface area contributed by atoms with Crippen molar-refractivity contribution in [2.24, 2.45) is 0 Å². The van der Waals surface area contributed by atoms with E-state index in [0.717, 1.165) is 23.5 Å². The zero-order valence-electron chi connectivity index (χ0n) is 17.9. The first-order valence-electron chi connectivity index (χ1n) is 9.97. The van der Waals surface area contributed by atoms with E-state index in [1.54, 1.807) is 18.2 Å². The first kappa shape index (κ1) is 22.6. The largest absolute Gasteiger partial charge is 0.349 e. The summed E-state index contributed by atoms with van der Waals surface area (Å²) in [5, 5.41) is 8.29. The highest BCUT2D eigenvalue weighted by atomic mass is 32.1. The Bertz CT molecular complexity index is 1060. The third kappa shape index (κ3) is 5.32. The van der Waals surface area contributed by atoms with Crippen LogP contribution in [-0.4, -0.2) is 26.9 Å². The van der Waals surface area contributed by atoms with Gasteiger partial charge in [0.05, 0.1) is 0 Å². The van der Waals surface area contributed by atoms with Crippen molar-refractivity contribution in [1.29, 1.82) is 0 Å². The molecule has 3 rings (SSSR count). The van der Waals surface area contributed by atoms with E-state index in [0.29, 0.717) is 5.69 Å². The Morgan fingerprint density at radius 1 is 1.16 bits per heavy atom. The van der Waals surface area contributed by atoms with E-state index in [-0.39, 0.29) is 11.3 Å². The van der Waals surface area contributed by atoms with Crippen molar-refractivity contribution in [3.8, 4) is 0 Å². The Labute approximate surface area is 185 Å². The number of amides is 2. The van der Waals surface area contributed by atoms with Crippen molar-refractivity contribution < 1.29 is 14.0 Å². The van der Waals surface area contributed by atoms with Crippen LogP contribution in [0, 0.1) is 5.82 Å². The van der Waals surface area contributed by atoms with Gasteiger partial charge < -0.3 is 5.32 Å². The lowest BCUT2D eigenvalue weighted by Crippen LogP contribution is -2.49. The minimum absolute atomic E-state index is 0.0943. The van der Waals surface area contributed by atoms with E-state index < -0.39 is 29.2 Å². The van der Waals surface area contributed by atoms with Crippen LogP contribution in [-0.2, 0) is 11.2 Å². The molecule has 0 fully saturated rings. The highest BCUT2D eigenvalue weighted by molar-refractivity contribution is 7.03. The second-order valence-electron chi connectivity index (χ2n) is 8.15. The van der Waals surface area contributed by atoms with Gasteiger partial charge >= 0.3 is 0 Å². The molecular weight excluding hydrogens is 415 g/mol. The molecule has 0 radical (unpaired) electrons. The zero-order chi connectivity index (χ0) is 22.6. The van der Waals surface area contributed by atoms with Crippen molar-refractivity contribution >= 4 is 29.0 Å². The molecule has 31 heavy (non-hydrogen) atoms. The number of benzene rings is 2. The van der Waals surface area contributed by atoms with E-state index in [1.807, 2.05) is 45.9 Å². The number of hydrogen-bond donors (Lipinski definition) is 1. The number of carbonyl (C=O) groups excluding carboxylic acids is 2. The van der Waals surface area contributed by atoms with E-state index in [1.165, 1.54) is 22.4 Å². The lowest BCUT2D eigenvalue weighted by atomic mass is 9.99. The van der Waals surface area contributed by atoms with Crippen LogP contribution < -0.4 is 10.2 Å². The quantitative estimate of drug-likeness (QED) is 0.611. The Morgan fingerprint density at radius 3 is 2.52 bits per heavy atom. The molecule has 0 unspecified atom stereocenters. The van der Waals surface area contributed by atoms with Crippen LogP contribution in [0.1, 0.15) is 55.4 Å². The van der Waals surface area contributed by atoms with Crippen LogP contribution in [0.15, 0.2) is 53.9 Å². The van der Waals surface area contributed by atoms with Gasteiger partial charge in [-0.15, -0.1) is 5.10 Å². The van der Waals surface area contributed by atoms with Gasteiger partial charge in [0.15, 0.2) is 5.69 Å². The molecular formula is C23H25FN4O2S. The van der Waals surface area contributed by atoms with Gasteiger partial charge in [0.1, 0.15) is 11.9 Å². The van der Waals surface area contributed by atoms with Gasteiger partial charge in [-0.05, 0) is 62.5 Å². The molecule has 0 bridgehead atoms. The first-order chi connectivity index (χ1) is 14.7. The number of nitrogens with one attached hydrogen (secondary N) is 1. The van der Waals surface area contributed by atoms with Crippen LogP contribution in [0.25, 0.3) is 0 Å². The Kier molecular flexibility index (Phi) is 6.80. The molecule has 0 aliphatic carbocycles. The average Bonchev–Trinajstić information content (AvgIpc) is 3.26. The van der Waals surface area contributed by atoms with Crippen LogP contribution in [0.2, 0.25) is 0 Å². The maximum atomic E-state index is 14.9. The molecule has 1 heterocycles. The molecule has 8 heteroatoms. The number of aryl methyl sites for hydroxylation is 1. The summed E-state index contributed by atoms with van der Waals surface area (Å²) in [6, 6.07) is 12.1. The second-order valence-corrected chi connectivity index (χ2v) is 8.76. The number of nitrogens with zero attached hydrogens (tertiary/aromatic N) is 3. The number of carbonyl (C=O) groups is 2. The van der Waals surface area contributed by atoms with Crippen LogP contribution in [0.4, 0.5) is 10.1 Å². The predicted molar refractivity (Wildman–Crippen MR) is 120 cm³/mol. The third-order valence-electron chi connectivity index (χ3n) is 4.60. The molecule has 0 aliphatic heterocycles. The molecule has 1 N–H and O–H groups in total. The highest BCUT2D eigenvalue weighted by Gasteiger charge is 2.37. The van der Waals surface area contributed by atoms with E-state index in [4.69, 9.17) is 0 Å². The minimum atomic E-state index is -1.23. The lowest BCUT2D eigenvalue weighted by Gasteiger charge is -2.33. The van der Waals surface area contributed by atoms with Crippen molar-refractivity contribution in [3.05, 3.63) is 76.5 Å². The van der Waals surface area contributed by atoms with Crippen LogP contribution in [0.5, 0.6) is 0 Å². The minimum Gasteiger partial charge on any atom is -0.349 e. The lowest BCUT2D eigenvalue weighted by molar-refractivity contribution is -0.124. The summed E-state index contributed by atoms with van der Waals surface area (Å²) in [5.41, 5.74) is 1.08. The molecule has 6 nitrogen and oxygen atoms in total. The second kappa shape index (κ2) is 9.34. The summed E-state index contributed by atoms with van der Waals surface area (Å²) in [5.74, 6) is -1.59. The molecule has 2 amide bonds. The topological polar surface area (TPSA) is 75.2 Å². The van der Waals surface area contributed by atoms with Crippen molar-refractivity contribution in [1.82, 2.24) is 14.9 Å². The maximum absolute atomic E-state index is 14.9. The predicted octanol–water partition coefficient (Wildman–Crippen LogP) is 4.54. The summed E-state index contributed by atoms with van der Waals surface area (Å²) in [6.45, 7) is 7.49. The van der Waals surface area contributed by atoms with Crippen molar-refractivity contribution in [2.75, 3.05) is 4.90 Å². The standard InChI is InChI=1S/C23H25FN4O2S/c1-5-15-9-8-10-16(13-15)28(22(30)19-14-31-27-26-19)20(21(29)25-23(2,3)4)17-11-6-7-12-18(17)24/h6-14,20H,5H2,1-4H3,(H,25,29)/t20-/m0/s1. The van der Waals surface area contributed by atoms with Crippen LogP contribution >= 0.6 is 11.5 Å². The number of aromatic nitrogens is 2. The highest BCUT2D eigenvalue weighted by Crippen LogP contribution is 2.32. The van der Waals surface area contributed by atoms with Gasteiger partial charge in [-0.3, -0.25) is 14.5 Å². The molecule has 0 spiro atoms. The Balaban J connectivity index is 2.22. The number of anilines is 1. The summed E-state index contributed by atoms with van der Waals surface area (Å²) in [6.07, 6.45) is 0.743. The fraction of sp³-hybridized carbons (Fsp3) is 0.304. The van der Waals surface area contributed by atoms with E-state index >= 15 is 0 Å². The Morgan fingerprint density at radius 2 is 1.90 bits per heavy atom. The SMILES string of the molecule is CCc1cccc(N(C(=O)c2csnn2)[C@H](C(=O)NC(C)(C)C)c2ccccc2F)c1. The monoisotopic (exact) mass is 440 g/mol. The number of halogens is 1. The number of hydrogen-bond acceptors (Lipinski definition) is 5. The van der Waals surface area contributed by atoms with Gasteiger partial charge in [0.25, 0.3) is 5.91 Å². The fourth-order valence-electron chi connectivity index (χ4n) is 3.22. The van der Waals surface area contributed by atoms with E-state index in [2.05, 4.69) is 14.9 Å². The summed E-state index contributed by atoms with van der Waals surface area (Å²) in [7, 11) is 0. The number of rotatable bonds is 6. The summed E-state index contributed by atoms with van der Waals surface area (Å²) in [4.78, 5) is 28.3. The van der Waals surface area contributed by atoms with Crippen molar-refractivity contribution in [3.63, 3.8) is 0 Å². The maximum Gasteiger partial charge on any atom is 0.280 e. The third-order valence-corrected chi connectivity index (χ3v) is 5.10. The molecule has 3 aromatic rings. The first-order valence-corrected chi connectivity index (χ1v) is 10.8. The molecule has 1 atom stereocenters. The van der Waals surface area contributed by atoms with Crippen molar-refractivity contribution in [2.45, 2.75) is 45.7 Å². The fourth-order valence-corrected chi connectivity index (χ4v) is 3.65. The molecule has 0 saturated heterocycles. The average molecular weight is 441 g/mol. The smallest absolute Gasteiger partial charge is 0.280 e. The molecule has 2 aromatic carbocycles. The summed E-state index contributed by atoms with van der Waals surface area (Å²) < 4.78 is 18.7. The Hall–Kier alpha value is -3.13. The molecule has 162 valence electrons. The van der Waals surface area contributed by atoms with Gasteiger partial charge in [-0.25, -0.2) is 4.39 Å². The molecule has 1 aromatic heterocycles. The van der Waals surface area contributed by atoms with Gasteiger partial charge in [-0.2, -0.15) is 0 Å². The zero-order valence-corrected chi connectivity index (χ0v) is 18.7. The van der Waals surface area contributed by atoms with Gasteiger partial charge in [0, 0.05) is 22.2 Å². The summed E-state index contributed by atoms with van der Waals surface area (Å²) >= 11 is 1.03. The molecule has 0 aliphatic rings. The van der Waals surface area contributed by atoms with Gasteiger partial charge in [-0.1, -0.05) is 41.7 Å². The van der Waals surface area contributed by atoms with Crippen LogP contribution in [0.3, 0.4) is 0 Å². The normalized spacial score (nSPS) is 12.3. The molecule has 0 saturated carbocycles.